The fourth-order valence-corrected chi connectivity index (χ4v) is 2.22. The summed E-state index contributed by atoms with van der Waals surface area (Å²) in [6.07, 6.45) is 2.33. The van der Waals surface area contributed by atoms with E-state index in [0.29, 0.717) is 18.7 Å². The maximum Gasteiger partial charge on any atom is 0.488 e. The molecule has 18 heavy (non-hydrogen) atoms. The summed E-state index contributed by atoms with van der Waals surface area (Å²) in [5, 5.41) is 0. The van der Waals surface area contributed by atoms with Crippen LogP contribution in [0.1, 0.15) is 19.3 Å². The second-order valence-corrected chi connectivity index (χ2v) is 4.93. The first-order chi connectivity index (χ1) is 8.46. The Kier molecular flexibility index (Phi) is 3.51. The topological polar surface area (TPSA) is 63.7 Å². The molecule has 2 rings (SSSR count). The van der Waals surface area contributed by atoms with Crippen LogP contribution in [-0.4, -0.2) is 20.9 Å². The fraction of sp³-hybridized carbons (Fsp3) is 0.364. The number of benzene rings is 1. The van der Waals surface area contributed by atoms with Crippen molar-refractivity contribution in [2.24, 2.45) is 0 Å². The molecule has 1 amide bonds. The molecule has 1 aromatic carbocycles. The largest absolute Gasteiger partial charge is 0.488 e. The minimum absolute atomic E-state index is 0.0352. The highest BCUT2D eigenvalue weighted by molar-refractivity contribution is 7.81. The maximum atomic E-state index is 12.3. The van der Waals surface area contributed by atoms with Gasteiger partial charge in [0.2, 0.25) is 5.91 Å². The maximum absolute atomic E-state index is 12.3. The Bertz CT molecular complexity index is 541. The Morgan fingerprint density at radius 1 is 1.17 bits per heavy atom. The van der Waals surface area contributed by atoms with Gasteiger partial charge in [-0.3, -0.25) is 4.79 Å². The number of halogens is 1. The van der Waals surface area contributed by atoms with Gasteiger partial charge in [0.05, 0.1) is 0 Å². The lowest BCUT2D eigenvalue weighted by molar-refractivity contribution is -0.119. The van der Waals surface area contributed by atoms with Crippen molar-refractivity contribution in [3.8, 4) is 5.75 Å². The summed E-state index contributed by atoms with van der Waals surface area (Å²) < 4.78 is 36.9. The van der Waals surface area contributed by atoms with Crippen molar-refractivity contribution in [1.82, 2.24) is 0 Å². The predicted molar refractivity (Wildman–Crippen MR) is 63.3 cm³/mol. The van der Waals surface area contributed by atoms with Gasteiger partial charge in [-0.15, -0.1) is 0 Å². The van der Waals surface area contributed by atoms with E-state index in [1.54, 1.807) is 4.90 Å². The molecule has 0 aromatic heterocycles. The van der Waals surface area contributed by atoms with E-state index in [-0.39, 0.29) is 11.7 Å². The van der Waals surface area contributed by atoms with Gasteiger partial charge in [0, 0.05) is 18.7 Å². The van der Waals surface area contributed by atoms with E-state index in [1.165, 1.54) is 24.3 Å². The molecule has 1 saturated heterocycles. The van der Waals surface area contributed by atoms with E-state index in [2.05, 4.69) is 4.18 Å². The van der Waals surface area contributed by atoms with Crippen LogP contribution in [0, 0.1) is 0 Å². The molecule has 5 nitrogen and oxygen atoms in total. The van der Waals surface area contributed by atoms with Crippen LogP contribution in [0.5, 0.6) is 5.75 Å². The summed E-state index contributed by atoms with van der Waals surface area (Å²) in [5.74, 6) is -0.0845. The van der Waals surface area contributed by atoms with Crippen molar-refractivity contribution < 1.29 is 21.3 Å². The first-order valence-corrected chi connectivity index (χ1v) is 6.81. The zero-order chi connectivity index (χ0) is 13.2. The zero-order valence-corrected chi connectivity index (χ0v) is 10.3. The van der Waals surface area contributed by atoms with E-state index >= 15 is 0 Å². The average molecular weight is 273 g/mol. The van der Waals surface area contributed by atoms with Crippen LogP contribution < -0.4 is 9.08 Å². The van der Waals surface area contributed by atoms with Crippen LogP contribution in [0.4, 0.5) is 9.57 Å². The van der Waals surface area contributed by atoms with Gasteiger partial charge in [0.15, 0.2) is 0 Å². The molecule has 0 saturated carbocycles. The van der Waals surface area contributed by atoms with E-state index in [0.717, 1.165) is 12.8 Å². The van der Waals surface area contributed by atoms with Gasteiger partial charge in [-0.2, -0.15) is 8.42 Å². The molecule has 7 heteroatoms. The molecule has 0 aliphatic carbocycles. The minimum atomic E-state index is -5.01. The van der Waals surface area contributed by atoms with E-state index < -0.39 is 10.5 Å². The lowest BCUT2D eigenvalue weighted by Crippen LogP contribution is -2.35. The highest BCUT2D eigenvalue weighted by Gasteiger charge is 2.19. The van der Waals surface area contributed by atoms with Crippen LogP contribution >= 0.6 is 0 Å². The Balaban J connectivity index is 2.14. The number of carbonyl (C=O) groups excluding carboxylic acids is 1. The second kappa shape index (κ2) is 4.93. The third-order valence-electron chi connectivity index (χ3n) is 2.67. The first-order valence-electron chi connectivity index (χ1n) is 5.50. The molecule has 0 radical (unpaired) electrons. The standard InChI is InChI=1S/C11H12FNO4S/c12-18(15,16)17-10-6-4-9(5-7-10)13-8-2-1-3-11(13)14/h4-7H,1-3,8H2. The third kappa shape index (κ3) is 3.19. The van der Waals surface area contributed by atoms with E-state index in [1.807, 2.05) is 0 Å². The van der Waals surface area contributed by atoms with Crippen molar-refractivity contribution in [2.45, 2.75) is 19.3 Å². The number of anilines is 1. The average Bonchev–Trinajstić information content (AvgIpc) is 2.29. The zero-order valence-electron chi connectivity index (χ0n) is 9.50. The number of hydrogen-bond acceptors (Lipinski definition) is 4. The predicted octanol–water partition coefficient (Wildman–Crippen LogP) is 1.80. The van der Waals surface area contributed by atoms with Crippen LogP contribution in [0.15, 0.2) is 24.3 Å². The fourth-order valence-electron chi connectivity index (χ4n) is 1.88. The van der Waals surface area contributed by atoms with Gasteiger partial charge in [0.25, 0.3) is 0 Å². The molecule has 1 aliphatic heterocycles. The van der Waals surface area contributed by atoms with E-state index in [9.17, 15) is 17.1 Å². The lowest BCUT2D eigenvalue weighted by atomic mass is 10.1. The quantitative estimate of drug-likeness (QED) is 0.788. The van der Waals surface area contributed by atoms with Crippen LogP contribution in [-0.2, 0) is 15.3 Å². The van der Waals surface area contributed by atoms with Gasteiger partial charge < -0.3 is 9.08 Å². The Hall–Kier alpha value is -1.63. The van der Waals surface area contributed by atoms with Crippen LogP contribution in [0.3, 0.4) is 0 Å². The molecule has 0 unspecified atom stereocenters. The summed E-state index contributed by atoms with van der Waals surface area (Å²) >= 11 is 0. The molecule has 0 spiro atoms. The summed E-state index contributed by atoms with van der Waals surface area (Å²) in [7, 11) is -5.01. The minimum Gasteiger partial charge on any atom is -0.358 e. The van der Waals surface area contributed by atoms with Crippen LogP contribution in [0.2, 0.25) is 0 Å². The van der Waals surface area contributed by atoms with Gasteiger partial charge in [-0.25, -0.2) is 0 Å². The molecule has 1 fully saturated rings. The SMILES string of the molecule is O=C1CCCCN1c1ccc(OS(=O)(=O)F)cc1. The van der Waals surface area contributed by atoms with Gasteiger partial charge >= 0.3 is 10.5 Å². The summed E-state index contributed by atoms with van der Waals surface area (Å²) in [6, 6.07) is 5.69. The second-order valence-electron chi connectivity index (χ2n) is 3.97. The Labute approximate surface area is 105 Å². The Morgan fingerprint density at radius 2 is 1.83 bits per heavy atom. The van der Waals surface area contributed by atoms with Crippen molar-refractivity contribution in [3.05, 3.63) is 24.3 Å². The van der Waals surface area contributed by atoms with Crippen molar-refractivity contribution >= 4 is 22.1 Å². The molecule has 1 aliphatic rings. The third-order valence-corrected chi connectivity index (χ3v) is 3.06. The van der Waals surface area contributed by atoms with Gasteiger partial charge in [-0.1, -0.05) is 3.89 Å². The molecular formula is C11H12FNO4S. The van der Waals surface area contributed by atoms with Crippen molar-refractivity contribution in [2.75, 3.05) is 11.4 Å². The van der Waals surface area contributed by atoms with Crippen molar-refractivity contribution in [1.29, 1.82) is 0 Å². The monoisotopic (exact) mass is 273 g/mol. The van der Waals surface area contributed by atoms with Crippen molar-refractivity contribution in [3.63, 3.8) is 0 Å². The van der Waals surface area contributed by atoms with Gasteiger partial charge in [0.1, 0.15) is 5.75 Å². The number of rotatable bonds is 3. The Morgan fingerprint density at radius 3 is 2.39 bits per heavy atom. The number of piperidine rings is 1. The summed E-state index contributed by atoms with van der Waals surface area (Å²) in [6.45, 7) is 0.639. The summed E-state index contributed by atoms with van der Waals surface area (Å²) in [5.41, 5.74) is 0.656. The molecule has 1 aromatic rings. The molecule has 0 atom stereocenters. The first kappa shape index (κ1) is 12.8. The molecule has 0 bridgehead atoms. The van der Waals surface area contributed by atoms with Gasteiger partial charge in [-0.05, 0) is 37.1 Å². The highest BCUT2D eigenvalue weighted by Crippen LogP contribution is 2.24. The smallest absolute Gasteiger partial charge is 0.358 e. The lowest BCUT2D eigenvalue weighted by Gasteiger charge is -2.26. The molecule has 98 valence electrons. The molecule has 1 heterocycles. The summed E-state index contributed by atoms with van der Waals surface area (Å²) in [4.78, 5) is 13.3. The number of nitrogens with zero attached hydrogens (tertiary/aromatic N) is 1. The highest BCUT2D eigenvalue weighted by atomic mass is 32.3. The number of carbonyl (C=O) groups is 1. The normalized spacial score (nSPS) is 16.7. The number of hydrogen-bond donors (Lipinski definition) is 0. The molecule has 0 N–H and O–H groups in total. The van der Waals surface area contributed by atoms with Crippen LogP contribution in [0.25, 0.3) is 0 Å². The molecular weight excluding hydrogens is 261 g/mol. The van der Waals surface area contributed by atoms with E-state index in [4.69, 9.17) is 0 Å². The number of amides is 1.